The van der Waals surface area contributed by atoms with Crippen molar-refractivity contribution in [1.29, 1.82) is 0 Å². The van der Waals surface area contributed by atoms with Crippen LogP contribution in [0, 0.1) is 0 Å². The Hall–Kier alpha value is -1.31. The fourth-order valence-electron chi connectivity index (χ4n) is 3.03. The van der Waals surface area contributed by atoms with Crippen LogP contribution in [-0.4, -0.2) is 56.3 Å². The van der Waals surface area contributed by atoms with Crippen LogP contribution >= 0.6 is 11.6 Å². The summed E-state index contributed by atoms with van der Waals surface area (Å²) >= 11 is 6.15. The highest BCUT2D eigenvalue weighted by atomic mass is 35.5. The van der Waals surface area contributed by atoms with Gasteiger partial charge in [-0.15, -0.1) is 0 Å². The van der Waals surface area contributed by atoms with E-state index in [4.69, 9.17) is 16.3 Å². The van der Waals surface area contributed by atoms with Crippen molar-refractivity contribution in [3.63, 3.8) is 0 Å². The van der Waals surface area contributed by atoms with Crippen LogP contribution in [0.25, 0.3) is 0 Å². The predicted octanol–water partition coefficient (Wildman–Crippen LogP) is 2.13. The van der Waals surface area contributed by atoms with Crippen LogP contribution in [0.3, 0.4) is 0 Å². The molecule has 24 heavy (non-hydrogen) atoms. The van der Waals surface area contributed by atoms with Gasteiger partial charge in [-0.2, -0.15) is 4.31 Å². The number of likely N-dealkylation sites (tertiary alicyclic amines) is 1. The SMILES string of the molecule is O=C(COc1ccc(S(=O)(=O)N2CCCC2)cc1Cl)N1CCCC1. The number of halogens is 1. The summed E-state index contributed by atoms with van der Waals surface area (Å²) in [7, 11) is -3.50. The van der Waals surface area contributed by atoms with Gasteiger partial charge in [0.15, 0.2) is 6.61 Å². The Morgan fingerprint density at radius 2 is 1.71 bits per heavy atom. The summed E-state index contributed by atoms with van der Waals surface area (Å²) in [5, 5.41) is 0.199. The Morgan fingerprint density at radius 1 is 1.08 bits per heavy atom. The molecule has 0 aliphatic carbocycles. The van der Waals surface area contributed by atoms with Gasteiger partial charge >= 0.3 is 0 Å². The molecular weight excluding hydrogens is 352 g/mol. The third-order valence-electron chi connectivity index (χ3n) is 4.42. The molecule has 0 aromatic heterocycles. The van der Waals surface area contributed by atoms with E-state index in [2.05, 4.69) is 0 Å². The lowest BCUT2D eigenvalue weighted by atomic mass is 10.3. The van der Waals surface area contributed by atoms with E-state index in [-0.39, 0.29) is 22.4 Å². The second-order valence-corrected chi connectivity index (χ2v) is 8.43. The highest BCUT2D eigenvalue weighted by Crippen LogP contribution is 2.30. The Bertz CT molecular complexity index is 711. The van der Waals surface area contributed by atoms with Crippen LogP contribution in [0.2, 0.25) is 5.02 Å². The lowest BCUT2D eigenvalue weighted by Crippen LogP contribution is -2.32. The normalized spacial score (nSPS) is 19.0. The molecule has 8 heteroatoms. The molecule has 2 fully saturated rings. The molecule has 0 bridgehead atoms. The summed E-state index contributed by atoms with van der Waals surface area (Å²) in [5.41, 5.74) is 0. The Morgan fingerprint density at radius 3 is 2.33 bits per heavy atom. The number of carbonyl (C=O) groups is 1. The van der Waals surface area contributed by atoms with Crippen molar-refractivity contribution < 1.29 is 17.9 Å². The van der Waals surface area contributed by atoms with Crippen molar-refractivity contribution in [2.75, 3.05) is 32.8 Å². The molecule has 132 valence electrons. The Labute approximate surface area is 147 Å². The quantitative estimate of drug-likeness (QED) is 0.794. The molecule has 6 nitrogen and oxygen atoms in total. The zero-order valence-electron chi connectivity index (χ0n) is 13.4. The number of sulfonamides is 1. The Kier molecular flexibility index (Phi) is 5.32. The average molecular weight is 373 g/mol. The van der Waals surface area contributed by atoms with E-state index in [9.17, 15) is 13.2 Å². The number of carbonyl (C=O) groups excluding carboxylic acids is 1. The summed E-state index contributed by atoms with van der Waals surface area (Å²) in [5.74, 6) is 0.252. The zero-order valence-corrected chi connectivity index (χ0v) is 15.0. The molecule has 2 heterocycles. The minimum atomic E-state index is -3.50. The van der Waals surface area contributed by atoms with E-state index < -0.39 is 10.0 Å². The topological polar surface area (TPSA) is 66.9 Å². The number of amides is 1. The molecule has 0 N–H and O–H groups in total. The number of nitrogens with zero attached hydrogens (tertiary/aromatic N) is 2. The van der Waals surface area contributed by atoms with Crippen molar-refractivity contribution in [3.8, 4) is 5.75 Å². The fourth-order valence-corrected chi connectivity index (χ4v) is 4.88. The first-order valence-corrected chi connectivity index (χ1v) is 10.0. The van der Waals surface area contributed by atoms with Crippen molar-refractivity contribution in [2.24, 2.45) is 0 Å². The summed E-state index contributed by atoms with van der Waals surface area (Å²) in [6, 6.07) is 4.39. The molecule has 2 saturated heterocycles. The van der Waals surface area contributed by atoms with Crippen LogP contribution in [0.4, 0.5) is 0 Å². The molecule has 0 unspecified atom stereocenters. The van der Waals surface area contributed by atoms with Gasteiger partial charge in [0.05, 0.1) is 9.92 Å². The summed E-state index contributed by atoms with van der Waals surface area (Å²) in [6.07, 6.45) is 3.81. The van der Waals surface area contributed by atoms with E-state index >= 15 is 0 Å². The van der Waals surface area contributed by atoms with Crippen molar-refractivity contribution in [1.82, 2.24) is 9.21 Å². The number of hydrogen-bond acceptors (Lipinski definition) is 4. The number of rotatable bonds is 5. The van der Waals surface area contributed by atoms with Crippen LogP contribution in [0.15, 0.2) is 23.1 Å². The van der Waals surface area contributed by atoms with Crippen molar-refractivity contribution >= 4 is 27.5 Å². The highest BCUT2D eigenvalue weighted by Gasteiger charge is 2.28. The monoisotopic (exact) mass is 372 g/mol. The minimum absolute atomic E-state index is 0.0719. The lowest BCUT2D eigenvalue weighted by Gasteiger charge is -2.17. The summed E-state index contributed by atoms with van der Waals surface area (Å²) in [4.78, 5) is 13.9. The predicted molar refractivity (Wildman–Crippen MR) is 90.8 cm³/mol. The van der Waals surface area contributed by atoms with E-state index in [1.54, 1.807) is 4.90 Å². The van der Waals surface area contributed by atoms with Crippen molar-refractivity contribution in [2.45, 2.75) is 30.6 Å². The number of benzene rings is 1. The van der Waals surface area contributed by atoms with E-state index in [1.165, 1.54) is 22.5 Å². The third kappa shape index (κ3) is 3.68. The van der Waals surface area contributed by atoms with Crippen molar-refractivity contribution in [3.05, 3.63) is 23.2 Å². The molecule has 3 rings (SSSR count). The van der Waals surface area contributed by atoms with E-state index in [0.29, 0.717) is 18.8 Å². The van der Waals surface area contributed by atoms with E-state index in [1.807, 2.05) is 0 Å². The van der Waals surface area contributed by atoms with Gasteiger partial charge in [0.1, 0.15) is 5.75 Å². The van der Waals surface area contributed by atoms with Gasteiger partial charge in [0.2, 0.25) is 10.0 Å². The maximum atomic E-state index is 12.5. The molecule has 1 aromatic carbocycles. The first kappa shape index (κ1) is 17.5. The van der Waals surface area contributed by atoms with Gasteiger partial charge in [-0.25, -0.2) is 8.42 Å². The second-order valence-electron chi connectivity index (χ2n) is 6.08. The molecule has 1 amide bonds. The summed E-state index contributed by atoms with van der Waals surface area (Å²) in [6.45, 7) is 2.54. The molecule has 0 saturated carbocycles. The molecule has 0 radical (unpaired) electrons. The maximum absolute atomic E-state index is 12.5. The molecule has 2 aliphatic rings. The highest BCUT2D eigenvalue weighted by molar-refractivity contribution is 7.89. The average Bonchev–Trinajstić information content (AvgIpc) is 3.26. The van der Waals surface area contributed by atoms with Crippen LogP contribution < -0.4 is 4.74 Å². The molecule has 0 atom stereocenters. The van der Waals surface area contributed by atoms with Gasteiger partial charge in [-0.1, -0.05) is 11.6 Å². The standard InChI is InChI=1S/C16H21ClN2O4S/c17-14-11-13(24(21,22)19-9-3-4-10-19)5-6-15(14)23-12-16(20)18-7-1-2-8-18/h5-6,11H,1-4,7-10,12H2. The van der Waals surface area contributed by atoms with Gasteiger partial charge in [-0.05, 0) is 43.9 Å². The maximum Gasteiger partial charge on any atom is 0.260 e. The lowest BCUT2D eigenvalue weighted by molar-refractivity contribution is -0.132. The summed E-state index contributed by atoms with van der Waals surface area (Å²) < 4.78 is 31.9. The minimum Gasteiger partial charge on any atom is -0.482 e. The van der Waals surface area contributed by atoms with Gasteiger partial charge in [0.25, 0.3) is 5.91 Å². The molecule has 1 aromatic rings. The fraction of sp³-hybridized carbons (Fsp3) is 0.562. The first-order chi connectivity index (χ1) is 11.5. The first-order valence-electron chi connectivity index (χ1n) is 8.19. The van der Waals surface area contributed by atoms with Crippen LogP contribution in [0.1, 0.15) is 25.7 Å². The van der Waals surface area contributed by atoms with Gasteiger partial charge in [0, 0.05) is 26.2 Å². The van der Waals surface area contributed by atoms with Gasteiger partial charge in [-0.3, -0.25) is 4.79 Å². The number of ether oxygens (including phenoxy) is 1. The molecule has 2 aliphatic heterocycles. The zero-order chi connectivity index (χ0) is 17.2. The smallest absolute Gasteiger partial charge is 0.260 e. The van der Waals surface area contributed by atoms with Crippen LogP contribution in [-0.2, 0) is 14.8 Å². The Balaban J connectivity index is 1.67. The molecular formula is C16H21ClN2O4S. The molecule has 0 spiro atoms. The number of hydrogen-bond donors (Lipinski definition) is 0. The van der Waals surface area contributed by atoms with Gasteiger partial charge < -0.3 is 9.64 Å². The largest absolute Gasteiger partial charge is 0.482 e. The van der Waals surface area contributed by atoms with Crippen LogP contribution in [0.5, 0.6) is 5.75 Å². The van der Waals surface area contributed by atoms with E-state index in [0.717, 1.165) is 38.8 Å². The second kappa shape index (κ2) is 7.29. The third-order valence-corrected chi connectivity index (χ3v) is 6.61.